The summed E-state index contributed by atoms with van der Waals surface area (Å²) in [5.74, 6) is -71.4. The number of benzene rings is 5. The molecular formula is C36H9BCl2F20N2O. The largest absolute Gasteiger partial charge is 0.313 e. The molecule has 1 aromatic heterocycles. The molecule has 0 spiro atoms. The van der Waals surface area contributed by atoms with E-state index in [1.54, 1.807) is 22.9 Å². The molecule has 5 aromatic carbocycles. The number of nitrogens with zero attached hydrogens (tertiary/aromatic N) is 2. The van der Waals surface area contributed by atoms with E-state index in [1.165, 1.54) is 6.20 Å². The van der Waals surface area contributed by atoms with Crippen molar-refractivity contribution in [3.8, 4) is 0 Å². The molecule has 0 atom stereocenters. The molecule has 0 aliphatic carbocycles. The molecule has 0 N–H and O–H groups in total. The van der Waals surface area contributed by atoms with Crippen LogP contribution in [-0.2, 0) is 6.54 Å². The average Bonchev–Trinajstić information content (AvgIpc) is 3.25. The van der Waals surface area contributed by atoms with Crippen molar-refractivity contribution in [2.24, 2.45) is 0 Å². The van der Waals surface area contributed by atoms with E-state index < -0.39 is 144 Å². The van der Waals surface area contributed by atoms with Gasteiger partial charge in [0.2, 0.25) is 17.5 Å². The van der Waals surface area contributed by atoms with E-state index in [9.17, 15) is 57.5 Å². The highest BCUT2D eigenvalue weighted by atomic mass is 35.5. The Morgan fingerprint density at radius 2 is 0.694 bits per heavy atom. The molecular weight excluding hydrogens is 938 g/mol. The van der Waals surface area contributed by atoms with E-state index >= 15 is 35.1 Å². The number of rotatable bonds is 7. The number of hydrogen-bond donors (Lipinski definition) is 0. The number of Topliss-reactive ketones (excluding diaryl/α,β-unsaturated/α-hetero) is 1. The van der Waals surface area contributed by atoms with Gasteiger partial charge in [-0.05, 0) is 11.6 Å². The van der Waals surface area contributed by atoms with E-state index in [4.69, 9.17) is 23.2 Å². The Morgan fingerprint density at radius 1 is 0.435 bits per heavy atom. The summed E-state index contributed by atoms with van der Waals surface area (Å²) in [5.41, 5.74) is -13.7. The van der Waals surface area contributed by atoms with Crippen LogP contribution in [0.2, 0.25) is 10.3 Å². The van der Waals surface area contributed by atoms with Gasteiger partial charge in [0.25, 0.3) is 0 Å². The third-order valence-electron chi connectivity index (χ3n) is 8.97. The average molecular weight is 947 g/mol. The standard InChI is InChI=1S/C24BF20.C12H9Cl2N2O/c26-5-1(6(27)14(35)21(42)13(5)34)25(2-7(28)15(36)22(43)16(37)8(2)29,3-9(30)17(38)23(44)18(39)10(3)31)4-11(32)19(40)24(45)20(41)12(4)33;13-11-12(14)16(7-6-15-11)8-10(17)9-4-2-1-3-5-9/h;1-7H,8H2/q-1;+1. The van der Waals surface area contributed by atoms with Gasteiger partial charge in [-0.15, -0.1) is 21.9 Å². The minimum Gasteiger partial charge on any atom is -0.287 e. The fraction of sp³-hybridized carbons (Fsp3) is 0.0278. The van der Waals surface area contributed by atoms with Crippen molar-refractivity contribution >= 4 is 57.0 Å². The van der Waals surface area contributed by atoms with Crippen molar-refractivity contribution < 1.29 is 97.2 Å². The number of carbonyl (C=O) groups excluding carboxylic acids is 1. The molecule has 0 aliphatic heterocycles. The van der Waals surface area contributed by atoms with Crippen LogP contribution in [0, 0.1) is 116 Å². The van der Waals surface area contributed by atoms with Gasteiger partial charge in [-0.1, -0.05) is 41.9 Å². The number of hydrogen-bond acceptors (Lipinski definition) is 2. The first-order valence-electron chi connectivity index (χ1n) is 15.9. The van der Waals surface area contributed by atoms with Gasteiger partial charge >= 0.3 is 5.15 Å². The zero-order valence-corrected chi connectivity index (χ0v) is 30.5. The molecule has 326 valence electrons. The zero-order chi connectivity index (χ0) is 46.6. The molecule has 1 heterocycles. The van der Waals surface area contributed by atoms with E-state index in [0.29, 0.717) is 5.56 Å². The molecule has 0 saturated carbocycles. The lowest BCUT2D eigenvalue weighted by Gasteiger charge is -2.44. The van der Waals surface area contributed by atoms with Crippen LogP contribution in [-0.4, -0.2) is 16.9 Å². The molecule has 3 nitrogen and oxygen atoms in total. The third kappa shape index (κ3) is 7.34. The van der Waals surface area contributed by atoms with E-state index in [-0.39, 0.29) is 22.6 Å². The monoisotopic (exact) mass is 946 g/mol. The highest BCUT2D eigenvalue weighted by Crippen LogP contribution is 2.31. The normalized spacial score (nSPS) is 11.5. The quantitative estimate of drug-likeness (QED) is 0.0403. The number of carbonyl (C=O) groups is 1. The van der Waals surface area contributed by atoms with Gasteiger partial charge < -0.3 is 0 Å². The Kier molecular flexibility index (Phi) is 13.3. The molecule has 0 bridgehead atoms. The second-order valence-corrected chi connectivity index (χ2v) is 12.9. The molecule has 0 radical (unpaired) electrons. The Hall–Kier alpha value is -5.91. The van der Waals surface area contributed by atoms with Gasteiger partial charge in [0.15, 0.2) is 76.0 Å². The van der Waals surface area contributed by atoms with E-state index in [0.717, 1.165) is 0 Å². The first-order valence-corrected chi connectivity index (χ1v) is 16.6. The van der Waals surface area contributed by atoms with Crippen LogP contribution in [0.5, 0.6) is 0 Å². The Labute approximate surface area is 340 Å². The third-order valence-corrected chi connectivity index (χ3v) is 9.74. The summed E-state index contributed by atoms with van der Waals surface area (Å²) in [5, 5.41) is 0.452. The van der Waals surface area contributed by atoms with Crippen LogP contribution in [0.1, 0.15) is 10.4 Å². The van der Waals surface area contributed by atoms with Crippen molar-refractivity contribution in [1.29, 1.82) is 0 Å². The minimum absolute atomic E-state index is 0.0280. The van der Waals surface area contributed by atoms with Gasteiger partial charge in [-0.25, -0.2) is 92.8 Å². The van der Waals surface area contributed by atoms with Crippen LogP contribution < -0.4 is 26.4 Å². The predicted octanol–water partition coefficient (Wildman–Crippen LogP) is 8.40. The predicted molar refractivity (Wildman–Crippen MR) is 174 cm³/mol. The van der Waals surface area contributed by atoms with Crippen molar-refractivity contribution in [3.05, 3.63) is 175 Å². The fourth-order valence-electron chi connectivity index (χ4n) is 6.28. The van der Waals surface area contributed by atoms with Gasteiger partial charge in [0.1, 0.15) is 52.7 Å². The molecule has 62 heavy (non-hydrogen) atoms. The summed E-state index contributed by atoms with van der Waals surface area (Å²) in [4.78, 5) is 15.8. The number of aromatic nitrogens is 2. The van der Waals surface area contributed by atoms with E-state index in [2.05, 4.69) is 4.98 Å². The maximum absolute atomic E-state index is 15.4. The number of ketones is 1. The Balaban J connectivity index is 0.000000355. The lowest BCUT2D eigenvalue weighted by atomic mass is 9.12. The van der Waals surface area contributed by atoms with Crippen molar-refractivity contribution in [1.82, 2.24) is 4.98 Å². The summed E-state index contributed by atoms with van der Waals surface area (Å²) >= 11 is 11.7. The van der Waals surface area contributed by atoms with Gasteiger partial charge in [-0.2, -0.15) is 4.57 Å². The summed E-state index contributed by atoms with van der Waals surface area (Å²) in [6, 6.07) is 9.03. The second-order valence-electron chi connectivity index (χ2n) is 12.2. The summed E-state index contributed by atoms with van der Waals surface area (Å²) in [6.45, 7) is 0.144. The minimum atomic E-state index is -7.22. The maximum Gasteiger partial charge on any atom is 0.313 e. The fourth-order valence-corrected chi connectivity index (χ4v) is 6.61. The molecule has 6 aromatic rings. The second kappa shape index (κ2) is 17.5. The topological polar surface area (TPSA) is 33.8 Å². The highest BCUT2D eigenvalue weighted by molar-refractivity contribution is 7.20. The smallest absolute Gasteiger partial charge is 0.287 e. The molecule has 26 heteroatoms. The maximum atomic E-state index is 15.4. The van der Waals surface area contributed by atoms with Crippen LogP contribution in [0.25, 0.3) is 0 Å². The van der Waals surface area contributed by atoms with Crippen LogP contribution in [0.4, 0.5) is 87.8 Å². The molecule has 6 rings (SSSR count). The highest BCUT2D eigenvalue weighted by Gasteiger charge is 2.52. The van der Waals surface area contributed by atoms with Gasteiger partial charge in [-0.3, -0.25) is 4.79 Å². The Bertz CT molecular complexity index is 2450. The van der Waals surface area contributed by atoms with E-state index in [1.807, 2.05) is 18.2 Å². The lowest BCUT2D eigenvalue weighted by molar-refractivity contribution is -0.681. The summed E-state index contributed by atoms with van der Waals surface area (Å²) in [7, 11) is 0. The first-order chi connectivity index (χ1) is 28.9. The van der Waals surface area contributed by atoms with Crippen LogP contribution >= 0.6 is 23.2 Å². The molecule has 0 aliphatic rings. The van der Waals surface area contributed by atoms with Crippen molar-refractivity contribution in [3.63, 3.8) is 0 Å². The van der Waals surface area contributed by atoms with Gasteiger partial charge in [0, 0.05) is 5.56 Å². The van der Waals surface area contributed by atoms with Crippen LogP contribution in [0.3, 0.4) is 0 Å². The van der Waals surface area contributed by atoms with Crippen molar-refractivity contribution in [2.75, 3.05) is 0 Å². The first kappa shape index (κ1) is 47.1. The Morgan fingerprint density at radius 3 is 0.968 bits per heavy atom. The zero-order valence-electron chi connectivity index (χ0n) is 28.9. The molecule has 0 unspecified atom stereocenters. The molecule has 0 fully saturated rings. The molecule has 0 saturated heterocycles. The van der Waals surface area contributed by atoms with Gasteiger partial charge in [0.05, 0.1) is 6.20 Å². The lowest BCUT2D eigenvalue weighted by Crippen LogP contribution is -2.81. The van der Waals surface area contributed by atoms with Crippen molar-refractivity contribution in [2.45, 2.75) is 6.54 Å². The SMILES string of the molecule is Fc1c(F)c(F)c([B-](c2c(F)c(F)c(F)c(F)c2F)(c2c(F)c(F)c(F)c(F)c2F)c2c(F)c(F)c(F)c(F)c2F)c(F)c1F.O=C(C[n+]1ccnc(Cl)c1Cl)c1ccccc1. The summed E-state index contributed by atoms with van der Waals surface area (Å²) in [6.07, 6.45) is -4.09. The summed E-state index contributed by atoms with van der Waals surface area (Å²) < 4.78 is 296. The molecule has 0 amide bonds. The van der Waals surface area contributed by atoms with Crippen LogP contribution in [0.15, 0.2) is 42.7 Å². The number of halogens is 22.